The van der Waals surface area contributed by atoms with Crippen LogP contribution in [0.25, 0.3) is 10.9 Å². The van der Waals surface area contributed by atoms with E-state index >= 15 is 0 Å². The van der Waals surface area contributed by atoms with Crippen molar-refractivity contribution >= 4 is 22.5 Å². The van der Waals surface area contributed by atoms with Gasteiger partial charge in [0.05, 0.1) is 16.8 Å². The van der Waals surface area contributed by atoms with Crippen LogP contribution in [0.4, 0.5) is 5.69 Å². The smallest absolute Gasteiger partial charge is 0.258 e. The van der Waals surface area contributed by atoms with E-state index in [2.05, 4.69) is 47.3 Å². The molecular formula is C21H19N3O. The van der Waals surface area contributed by atoms with Crippen LogP contribution >= 0.6 is 0 Å². The molecule has 1 amide bonds. The fraction of sp³-hybridized carbons (Fsp3) is 0.238. The first-order chi connectivity index (χ1) is 12.1. The SMILES string of the molecule is CN1C(=O)c2ccc([C@@H]3Cc4ccccc4CN3C)c3nccc1c23. The minimum absolute atomic E-state index is 0.0573. The summed E-state index contributed by atoms with van der Waals surface area (Å²) in [7, 11) is 4.00. The van der Waals surface area contributed by atoms with E-state index in [1.165, 1.54) is 16.7 Å². The second kappa shape index (κ2) is 5.14. The molecule has 0 aliphatic carbocycles. The van der Waals surface area contributed by atoms with Crippen molar-refractivity contribution in [2.45, 2.75) is 19.0 Å². The summed E-state index contributed by atoms with van der Waals surface area (Å²) >= 11 is 0. The molecule has 5 rings (SSSR count). The Morgan fingerprint density at radius 2 is 1.84 bits per heavy atom. The van der Waals surface area contributed by atoms with Crippen LogP contribution in [-0.2, 0) is 13.0 Å². The quantitative estimate of drug-likeness (QED) is 0.685. The molecule has 0 saturated carbocycles. The number of fused-ring (bicyclic) bond motifs is 1. The Morgan fingerprint density at radius 3 is 2.68 bits per heavy atom. The average Bonchev–Trinajstić information content (AvgIpc) is 2.88. The van der Waals surface area contributed by atoms with Gasteiger partial charge in [0.15, 0.2) is 0 Å². The van der Waals surface area contributed by atoms with Gasteiger partial charge in [-0.05, 0) is 42.3 Å². The van der Waals surface area contributed by atoms with Gasteiger partial charge in [0.25, 0.3) is 5.91 Å². The van der Waals surface area contributed by atoms with Crippen molar-refractivity contribution in [3.05, 3.63) is 70.9 Å². The molecular weight excluding hydrogens is 310 g/mol. The lowest BCUT2D eigenvalue weighted by molar-refractivity contribution is 0.0999. The van der Waals surface area contributed by atoms with E-state index in [1.54, 1.807) is 4.90 Å². The molecule has 4 nitrogen and oxygen atoms in total. The highest BCUT2D eigenvalue weighted by atomic mass is 16.2. The molecule has 4 heteroatoms. The summed E-state index contributed by atoms with van der Waals surface area (Å²) in [6.07, 6.45) is 2.79. The molecule has 0 unspecified atom stereocenters. The number of hydrogen-bond acceptors (Lipinski definition) is 3. The van der Waals surface area contributed by atoms with Crippen molar-refractivity contribution in [3.63, 3.8) is 0 Å². The summed E-state index contributed by atoms with van der Waals surface area (Å²) in [5.41, 5.74) is 6.70. The van der Waals surface area contributed by atoms with Crippen molar-refractivity contribution in [1.29, 1.82) is 0 Å². The van der Waals surface area contributed by atoms with E-state index in [4.69, 9.17) is 0 Å². The Hall–Kier alpha value is -2.72. The van der Waals surface area contributed by atoms with Gasteiger partial charge in [0.1, 0.15) is 0 Å². The number of pyridine rings is 1. The molecule has 3 aromatic rings. The molecule has 2 aliphatic heterocycles. The average molecular weight is 329 g/mol. The molecule has 0 spiro atoms. The monoisotopic (exact) mass is 329 g/mol. The highest BCUT2D eigenvalue weighted by molar-refractivity contribution is 6.24. The maximum absolute atomic E-state index is 12.5. The molecule has 1 atom stereocenters. The van der Waals surface area contributed by atoms with Crippen LogP contribution in [0.1, 0.15) is 33.1 Å². The molecule has 0 radical (unpaired) electrons. The number of amides is 1. The van der Waals surface area contributed by atoms with Gasteiger partial charge in [-0.15, -0.1) is 0 Å². The van der Waals surface area contributed by atoms with Gasteiger partial charge in [-0.1, -0.05) is 30.3 Å². The first kappa shape index (κ1) is 14.6. The summed E-state index contributed by atoms with van der Waals surface area (Å²) in [6, 6.07) is 14.9. The summed E-state index contributed by atoms with van der Waals surface area (Å²) in [5.74, 6) is 0.0573. The fourth-order valence-electron chi connectivity index (χ4n) is 4.29. The van der Waals surface area contributed by atoms with E-state index in [0.717, 1.165) is 35.1 Å². The third kappa shape index (κ3) is 1.98. The zero-order valence-corrected chi connectivity index (χ0v) is 14.4. The zero-order valence-electron chi connectivity index (χ0n) is 14.4. The predicted molar refractivity (Wildman–Crippen MR) is 98.8 cm³/mol. The summed E-state index contributed by atoms with van der Waals surface area (Å²) in [5, 5.41) is 1.000. The first-order valence-electron chi connectivity index (χ1n) is 8.62. The Bertz CT molecular complexity index is 1030. The summed E-state index contributed by atoms with van der Waals surface area (Å²) in [4.78, 5) is 21.3. The van der Waals surface area contributed by atoms with Gasteiger partial charge < -0.3 is 4.90 Å². The van der Waals surface area contributed by atoms with Gasteiger partial charge >= 0.3 is 0 Å². The molecule has 0 saturated heterocycles. The lowest BCUT2D eigenvalue weighted by Gasteiger charge is -2.34. The van der Waals surface area contributed by atoms with Gasteiger partial charge in [-0.2, -0.15) is 0 Å². The molecule has 124 valence electrons. The Morgan fingerprint density at radius 1 is 1.04 bits per heavy atom. The van der Waals surface area contributed by atoms with Gasteiger partial charge in [0.2, 0.25) is 0 Å². The number of carbonyl (C=O) groups is 1. The third-order valence-corrected chi connectivity index (χ3v) is 5.64. The van der Waals surface area contributed by atoms with Crippen molar-refractivity contribution in [3.8, 4) is 0 Å². The number of nitrogens with zero attached hydrogens (tertiary/aromatic N) is 3. The van der Waals surface area contributed by atoms with Crippen molar-refractivity contribution in [2.24, 2.45) is 0 Å². The number of carbonyl (C=O) groups excluding carboxylic acids is 1. The number of anilines is 1. The normalized spacial score (nSPS) is 19.5. The van der Waals surface area contributed by atoms with Crippen LogP contribution in [0, 0.1) is 0 Å². The van der Waals surface area contributed by atoms with Crippen LogP contribution in [0.5, 0.6) is 0 Å². The van der Waals surface area contributed by atoms with E-state index in [9.17, 15) is 4.79 Å². The molecule has 1 aromatic heterocycles. The fourth-order valence-corrected chi connectivity index (χ4v) is 4.29. The van der Waals surface area contributed by atoms with Crippen molar-refractivity contribution in [2.75, 3.05) is 19.0 Å². The molecule has 25 heavy (non-hydrogen) atoms. The molecule has 3 heterocycles. The van der Waals surface area contributed by atoms with Crippen LogP contribution in [0.2, 0.25) is 0 Å². The van der Waals surface area contributed by atoms with E-state index in [0.29, 0.717) is 0 Å². The minimum Gasteiger partial charge on any atom is -0.311 e. The van der Waals surface area contributed by atoms with E-state index in [1.807, 2.05) is 25.4 Å². The Labute approximate surface area is 146 Å². The highest BCUT2D eigenvalue weighted by Crippen LogP contribution is 2.41. The molecule has 0 bridgehead atoms. The number of likely N-dealkylation sites (N-methyl/N-ethyl adjacent to an activating group) is 1. The Kier molecular flexibility index (Phi) is 3.00. The molecule has 0 N–H and O–H groups in total. The second-order valence-corrected chi connectivity index (χ2v) is 7.02. The lowest BCUT2D eigenvalue weighted by atomic mass is 9.88. The van der Waals surface area contributed by atoms with Crippen LogP contribution in [-0.4, -0.2) is 29.9 Å². The van der Waals surface area contributed by atoms with Gasteiger partial charge in [-0.3, -0.25) is 14.7 Å². The molecule has 2 aromatic carbocycles. The number of benzene rings is 2. The lowest BCUT2D eigenvalue weighted by Crippen LogP contribution is -2.31. The van der Waals surface area contributed by atoms with Crippen LogP contribution in [0.3, 0.4) is 0 Å². The Balaban J connectivity index is 1.69. The summed E-state index contributed by atoms with van der Waals surface area (Å²) in [6.45, 7) is 0.933. The number of hydrogen-bond donors (Lipinski definition) is 0. The van der Waals surface area contributed by atoms with Gasteiger partial charge in [-0.25, -0.2) is 0 Å². The number of aromatic nitrogens is 1. The number of rotatable bonds is 1. The van der Waals surface area contributed by atoms with Crippen molar-refractivity contribution < 1.29 is 4.79 Å². The van der Waals surface area contributed by atoms with Gasteiger partial charge in [0, 0.05) is 31.2 Å². The second-order valence-electron chi connectivity index (χ2n) is 7.02. The highest BCUT2D eigenvalue weighted by Gasteiger charge is 2.32. The molecule has 0 fully saturated rings. The summed E-state index contributed by atoms with van der Waals surface area (Å²) < 4.78 is 0. The topological polar surface area (TPSA) is 36.4 Å². The zero-order chi connectivity index (χ0) is 17.1. The first-order valence-corrected chi connectivity index (χ1v) is 8.62. The van der Waals surface area contributed by atoms with Crippen molar-refractivity contribution in [1.82, 2.24) is 9.88 Å². The maximum atomic E-state index is 12.5. The standard InChI is InChI=1S/C21H19N3O/c1-23-12-14-6-4-3-5-13(14)11-18(23)15-7-8-16-19-17(24(2)21(16)25)9-10-22-20(15)19/h3-10,18H,11-12H2,1-2H3/t18-/m0/s1. The maximum Gasteiger partial charge on any atom is 0.258 e. The predicted octanol–water partition coefficient (Wildman–Crippen LogP) is 3.55. The van der Waals surface area contributed by atoms with Crippen LogP contribution < -0.4 is 4.90 Å². The van der Waals surface area contributed by atoms with E-state index < -0.39 is 0 Å². The van der Waals surface area contributed by atoms with E-state index in [-0.39, 0.29) is 11.9 Å². The molecule has 2 aliphatic rings. The largest absolute Gasteiger partial charge is 0.311 e. The third-order valence-electron chi connectivity index (χ3n) is 5.64. The van der Waals surface area contributed by atoms with Crippen LogP contribution in [0.15, 0.2) is 48.7 Å². The minimum atomic E-state index is 0.0573.